The number of alkyl halides is 3. The van der Waals surface area contributed by atoms with Crippen molar-refractivity contribution in [2.75, 3.05) is 7.11 Å². The SMILES string of the molecule is COc1cc(Oc2cccc(C(F)(F)F)c2)nc(C(=O)NCc2ccccc2)c1. The number of amides is 1. The highest BCUT2D eigenvalue weighted by atomic mass is 19.4. The molecule has 1 aromatic heterocycles. The van der Waals surface area contributed by atoms with Crippen molar-refractivity contribution in [2.45, 2.75) is 12.7 Å². The zero-order valence-corrected chi connectivity index (χ0v) is 15.4. The number of hydrogen-bond donors (Lipinski definition) is 1. The van der Waals surface area contributed by atoms with Crippen molar-refractivity contribution in [2.24, 2.45) is 0 Å². The van der Waals surface area contributed by atoms with E-state index in [-0.39, 0.29) is 23.1 Å². The molecule has 3 aromatic rings. The maximum atomic E-state index is 12.9. The van der Waals surface area contributed by atoms with E-state index in [4.69, 9.17) is 9.47 Å². The number of hydrogen-bond acceptors (Lipinski definition) is 4. The van der Waals surface area contributed by atoms with Crippen LogP contribution in [0.25, 0.3) is 0 Å². The standard InChI is InChI=1S/C21H17F3N2O3/c1-28-17-11-18(20(27)25-13-14-6-3-2-4-7-14)26-19(12-17)29-16-9-5-8-15(10-16)21(22,23)24/h2-12H,13H2,1H3,(H,25,27). The van der Waals surface area contributed by atoms with Crippen LogP contribution in [-0.4, -0.2) is 18.0 Å². The summed E-state index contributed by atoms with van der Waals surface area (Å²) in [6.45, 7) is 0.294. The first-order valence-electron chi connectivity index (χ1n) is 8.58. The number of halogens is 3. The molecule has 1 amide bonds. The summed E-state index contributed by atoms with van der Waals surface area (Å²) in [7, 11) is 1.40. The zero-order chi connectivity index (χ0) is 20.9. The van der Waals surface area contributed by atoms with Crippen molar-refractivity contribution in [1.29, 1.82) is 0 Å². The van der Waals surface area contributed by atoms with Gasteiger partial charge in [-0.3, -0.25) is 4.79 Å². The second-order valence-electron chi connectivity index (χ2n) is 6.03. The van der Waals surface area contributed by atoms with Crippen LogP contribution >= 0.6 is 0 Å². The van der Waals surface area contributed by atoms with Gasteiger partial charge in [0.15, 0.2) is 0 Å². The molecular weight excluding hydrogens is 385 g/mol. The van der Waals surface area contributed by atoms with Crippen LogP contribution in [0.4, 0.5) is 13.2 Å². The second-order valence-corrected chi connectivity index (χ2v) is 6.03. The quantitative estimate of drug-likeness (QED) is 0.642. The van der Waals surface area contributed by atoms with Crippen LogP contribution in [0.1, 0.15) is 21.6 Å². The molecule has 1 N–H and O–H groups in total. The molecule has 3 rings (SSSR count). The van der Waals surface area contributed by atoms with Crippen LogP contribution in [0.2, 0.25) is 0 Å². The number of rotatable bonds is 6. The molecule has 0 aliphatic rings. The first-order chi connectivity index (χ1) is 13.8. The largest absolute Gasteiger partial charge is 0.496 e. The van der Waals surface area contributed by atoms with Gasteiger partial charge in [0, 0.05) is 18.7 Å². The molecule has 2 aromatic carbocycles. The number of aromatic nitrogens is 1. The van der Waals surface area contributed by atoms with Crippen molar-refractivity contribution < 1.29 is 27.4 Å². The third-order valence-corrected chi connectivity index (χ3v) is 3.92. The maximum Gasteiger partial charge on any atom is 0.416 e. The van der Waals surface area contributed by atoms with E-state index in [1.54, 1.807) is 0 Å². The first kappa shape index (κ1) is 20.2. The second kappa shape index (κ2) is 8.64. The summed E-state index contributed by atoms with van der Waals surface area (Å²) in [4.78, 5) is 16.5. The number of ether oxygens (including phenoxy) is 2. The van der Waals surface area contributed by atoms with Gasteiger partial charge in [0.2, 0.25) is 5.88 Å². The fraction of sp³-hybridized carbons (Fsp3) is 0.143. The van der Waals surface area contributed by atoms with Crippen LogP contribution in [0, 0.1) is 0 Å². The summed E-state index contributed by atoms with van der Waals surface area (Å²) in [5.74, 6) is -0.307. The van der Waals surface area contributed by atoms with E-state index < -0.39 is 17.6 Å². The van der Waals surface area contributed by atoms with E-state index in [9.17, 15) is 18.0 Å². The van der Waals surface area contributed by atoms with Gasteiger partial charge in [-0.25, -0.2) is 4.98 Å². The van der Waals surface area contributed by atoms with E-state index in [1.165, 1.54) is 31.4 Å². The number of methoxy groups -OCH3 is 1. The average Bonchev–Trinajstić information content (AvgIpc) is 2.72. The number of carbonyl (C=O) groups is 1. The molecule has 0 atom stereocenters. The van der Waals surface area contributed by atoms with Gasteiger partial charge in [0.05, 0.1) is 12.7 Å². The van der Waals surface area contributed by atoms with E-state index in [2.05, 4.69) is 10.3 Å². The monoisotopic (exact) mass is 402 g/mol. The minimum Gasteiger partial charge on any atom is -0.496 e. The Morgan fingerprint density at radius 2 is 1.76 bits per heavy atom. The number of nitrogens with zero attached hydrogens (tertiary/aromatic N) is 1. The van der Waals surface area contributed by atoms with Crippen LogP contribution in [0.5, 0.6) is 17.4 Å². The fourth-order valence-corrected chi connectivity index (χ4v) is 2.49. The van der Waals surface area contributed by atoms with Gasteiger partial charge in [0.1, 0.15) is 17.2 Å². The normalized spacial score (nSPS) is 11.0. The molecule has 150 valence electrons. The average molecular weight is 402 g/mol. The van der Waals surface area contributed by atoms with Crippen molar-refractivity contribution in [1.82, 2.24) is 10.3 Å². The Labute approximate surface area is 165 Å². The van der Waals surface area contributed by atoms with E-state index in [0.717, 1.165) is 17.7 Å². The van der Waals surface area contributed by atoms with Crippen molar-refractivity contribution in [3.63, 3.8) is 0 Å². The van der Waals surface area contributed by atoms with Crippen molar-refractivity contribution in [3.8, 4) is 17.4 Å². The third-order valence-electron chi connectivity index (χ3n) is 3.92. The summed E-state index contributed by atoms with van der Waals surface area (Å²) in [5, 5.41) is 2.73. The number of carbonyl (C=O) groups excluding carboxylic acids is 1. The highest BCUT2D eigenvalue weighted by Gasteiger charge is 2.30. The lowest BCUT2D eigenvalue weighted by Crippen LogP contribution is -2.23. The predicted molar refractivity (Wildman–Crippen MR) is 99.9 cm³/mol. The summed E-state index contributed by atoms with van der Waals surface area (Å²) in [5.41, 5.74) is 0.0742. The van der Waals surface area contributed by atoms with Gasteiger partial charge in [-0.1, -0.05) is 36.4 Å². The Bertz CT molecular complexity index is 992. The Morgan fingerprint density at radius 1 is 1.00 bits per heavy atom. The van der Waals surface area contributed by atoms with E-state index in [0.29, 0.717) is 6.54 Å². The summed E-state index contributed by atoms with van der Waals surface area (Å²) in [6.07, 6.45) is -4.50. The van der Waals surface area contributed by atoms with Gasteiger partial charge in [-0.2, -0.15) is 13.2 Å². The molecule has 29 heavy (non-hydrogen) atoms. The summed E-state index contributed by atoms with van der Waals surface area (Å²) >= 11 is 0. The number of benzene rings is 2. The number of nitrogens with one attached hydrogen (secondary N) is 1. The summed E-state index contributed by atoms with van der Waals surface area (Å²) < 4.78 is 49.2. The lowest BCUT2D eigenvalue weighted by Gasteiger charge is -2.12. The third kappa shape index (κ3) is 5.47. The van der Waals surface area contributed by atoms with E-state index in [1.807, 2.05) is 30.3 Å². The van der Waals surface area contributed by atoms with Gasteiger partial charge in [0.25, 0.3) is 5.91 Å². The molecule has 1 heterocycles. The molecular formula is C21H17F3N2O3. The minimum atomic E-state index is -4.50. The number of pyridine rings is 1. The molecule has 0 unspecified atom stereocenters. The Kier molecular flexibility index (Phi) is 6.01. The van der Waals surface area contributed by atoms with Gasteiger partial charge in [-0.15, -0.1) is 0 Å². The molecule has 0 saturated carbocycles. The molecule has 0 saturated heterocycles. The Balaban J connectivity index is 1.79. The van der Waals surface area contributed by atoms with Crippen molar-refractivity contribution >= 4 is 5.91 Å². The van der Waals surface area contributed by atoms with Crippen LogP contribution in [0.15, 0.2) is 66.7 Å². The van der Waals surface area contributed by atoms with Crippen molar-refractivity contribution in [3.05, 3.63) is 83.6 Å². The predicted octanol–water partition coefficient (Wildman–Crippen LogP) is 4.83. The highest BCUT2D eigenvalue weighted by Crippen LogP contribution is 2.33. The zero-order valence-electron chi connectivity index (χ0n) is 15.4. The molecule has 0 aliphatic carbocycles. The van der Waals surface area contributed by atoms with E-state index >= 15 is 0 Å². The Hall–Kier alpha value is -3.55. The summed E-state index contributed by atoms with van der Waals surface area (Å²) in [6, 6.07) is 16.5. The minimum absolute atomic E-state index is 0.0160. The lowest BCUT2D eigenvalue weighted by molar-refractivity contribution is -0.137. The fourth-order valence-electron chi connectivity index (χ4n) is 2.49. The van der Waals surface area contributed by atoms with Gasteiger partial charge >= 0.3 is 6.18 Å². The first-order valence-corrected chi connectivity index (χ1v) is 8.58. The molecule has 8 heteroatoms. The lowest BCUT2D eigenvalue weighted by atomic mass is 10.2. The molecule has 0 aliphatic heterocycles. The molecule has 0 spiro atoms. The Morgan fingerprint density at radius 3 is 2.45 bits per heavy atom. The highest BCUT2D eigenvalue weighted by molar-refractivity contribution is 5.92. The molecule has 0 radical (unpaired) electrons. The topological polar surface area (TPSA) is 60.5 Å². The molecule has 0 bridgehead atoms. The smallest absolute Gasteiger partial charge is 0.416 e. The van der Waals surface area contributed by atoms with Gasteiger partial charge < -0.3 is 14.8 Å². The molecule has 5 nitrogen and oxygen atoms in total. The maximum absolute atomic E-state index is 12.9. The van der Waals surface area contributed by atoms with Crippen LogP contribution in [0.3, 0.4) is 0 Å². The van der Waals surface area contributed by atoms with Gasteiger partial charge in [-0.05, 0) is 23.8 Å². The molecule has 0 fully saturated rings. The van der Waals surface area contributed by atoms with Crippen LogP contribution < -0.4 is 14.8 Å². The van der Waals surface area contributed by atoms with Crippen LogP contribution in [-0.2, 0) is 12.7 Å².